The van der Waals surface area contributed by atoms with Crippen molar-refractivity contribution in [3.63, 3.8) is 0 Å². The molecule has 1 aromatic carbocycles. The van der Waals surface area contributed by atoms with E-state index in [0.29, 0.717) is 11.8 Å². The molecule has 1 unspecified atom stereocenters. The van der Waals surface area contributed by atoms with Gasteiger partial charge in [0, 0.05) is 10.9 Å². The minimum Gasteiger partial charge on any atom is -0.126 e. The summed E-state index contributed by atoms with van der Waals surface area (Å²) in [7, 11) is 0. The van der Waals surface area contributed by atoms with E-state index in [9.17, 15) is 0 Å². The Labute approximate surface area is 103 Å². The third-order valence-corrected chi connectivity index (χ3v) is 3.40. The number of alkyl halides is 1. The molecule has 15 heavy (non-hydrogen) atoms. The molecule has 2 heteroatoms. The first kappa shape index (κ1) is 12.9. The molecule has 0 fully saturated rings. The zero-order valence-corrected chi connectivity index (χ0v) is 10.7. The molecule has 0 heterocycles. The number of halogens is 2. The van der Waals surface area contributed by atoms with Crippen molar-refractivity contribution in [3.8, 4) is 0 Å². The van der Waals surface area contributed by atoms with Crippen LogP contribution in [0.25, 0.3) is 0 Å². The summed E-state index contributed by atoms with van der Waals surface area (Å²) < 4.78 is 0. The number of benzene rings is 1. The van der Waals surface area contributed by atoms with E-state index in [2.05, 4.69) is 13.0 Å². The van der Waals surface area contributed by atoms with Crippen molar-refractivity contribution in [2.24, 2.45) is 0 Å². The molecule has 0 aliphatic heterocycles. The number of hydrogen-bond acceptors (Lipinski definition) is 0. The zero-order valence-electron chi connectivity index (χ0n) is 9.18. The van der Waals surface area contributed by atoms with Crippen molar-refractivity contribution < 1.29 is 0 Å². The smallest absolute Gasteiger partial charge is 0.0441 e. The van der Waals surface area contributed by atoms with Gasteiger partial charge in [-0.25, -0.2) is 0 Å². The van der Waals surface area contributed by atoms with Crippen LogP contribution >= 0.6 is 23.2 Å². The van der Waals surface area contributed by atoms with Crippen LogP contribution in [0.1, 0.15) is 44.1 Å². The van der Waals surface area contributed by atoms with E-state index in [0.717, 1.165) is 11.4 Å². The maximum absolute atomic E-state index is 6.15. The second-order valence-electron chi connectivity index (χ2n) is 3.87. The molecule has 1 atom stereocenters. The van der Waals surface area contributed by atoms with Crippen molar-refractivity contribution in [2.45, 2.75) is 38.5 Å². The van der Waals surface area contributed by atoms with Gasteiger partial charge in [0.15, 0.2) is 0 Å². The fraction of sp³-hybridized carbons (Fsp3) is 0.538. The van der Waals surface area contributed by atoms with Gasteiger partial charge in [0.25, 0.3) is 0 Å². The summed E-state index contributed by atoms with van der Waals surface area (Å²) in [6.07, 6.45) is 4.90. The first-order chi connectivity index (χ1) is 7.29. The summed E-state index contributed by atoms with van der Waals surface area (Å²) in [5.41, 5.74) is 1.20. The van der Waals surface area contributed by atoms with E-state index < -0.39 is 0 Å². The van der Waals surface area contributed by atoms with Gasteiger partial charge in [0.1, 0.15) is 0 Å². The second-order valence-corrected chi connectivity index (χ2v) is 4.58. The van der Waals surface area contributed by atoms with E-state index >= 15 is 0 Å². The van der Waals surface area contributed by atoms with Crippen molar-refractivity contribution in [2.75, 3.05) is 5.88 Å². The predicted molar refractivity (Wildman–Crippen MR) is 69.1 cm³/mol. The molecule has 0 radical (unpaired) electrons. The van der Waals surface area contributed by atoms with Gasteiger partial charge in [-0.1, -0.05) is 56.0 Å². The van der Waals surface area contributed by atoms with Gasteiger partial charge in [-0.2, -0.15) is 0 Å². The molecule has 0 aliphatic rings. The van der Waals surface area contributed by atoms with Crippen molar-refractivity contribution in [1.82, 2.24) is 0 Å². The summed E-state index contributed by atoms with van der Waals surface area (Å²) >= 11 is 12.1. The van der Waals surface area contributed by atoms with Crippen LogP contribution in [0.15, 0.2) is 24.3 Å². The molecule has 0 saturated heterocycles. The normalized spacial score (nSPS) is 12.7. The maximum atomic E-state index is 6.15. The summed E-state index contributed by atoms with van der Waals surface area (Å²) in [6, 6.07) is 8.02. The summed E-state index contributed by atoms with van der Waals surface area (Å²) in [5.74, 6) is 1.07. The van der Waals surface area contributed by atoms with Crippen molar-refractivity contribution in [3.05, 3.63) is 34.9 Å². The van der Waals surface area contributed by atoms with Gasteiger partial charge in [0.2, 0.25) is 0 Å². The third kappa shape index (κ3) is 4.04. The zero-order chi connectivity index (χ0) is 11.1. The predicted octanol–water partition coefficient (Wildman–Crippen LogP) is 5.24. The highest BCUT2D eigenvalue weighted by molar-refractivity contribution is 6.31. The summed E-state index contributed by atoms with van der Waals surface area (Å²) in [5, 5.41) is 0.847. The molecule has 0 bridgehead atoms. The molecule has 0 spiro atoms. The van der Waals surface area contributed by atoms with Crippen molar-refractivity contribution in [1.29, 1.82) is 0 Å². The summed E-state index contributed by atoms with van der Waals surface area (Å²) in [4.78, 5) is 0. The molecule has 0 nitrogen and oxygen atoms in total. The molecule has 84 valence electrons. The highest BCUT2D eigenvalue weighted by Gasteiger charge is 2.12. The molecule has 1 rings (SSSR count). The van der Waals surface area contributed by atoms with E-state index in [1.807, 2.05) is 18.2 Å². The lowest BCUT2D eigenvalue weighted by atomic mass is 9.95. The van der Waals surface area contributed by atoms with Crippen LogP contribution in [0.4, 0.5) is 0 Å². The molecule has 1 aromatic rings. The van der Waals surface area contributed by atoms with E-state index in [1.165, 1.54) is 24.8 Å². The maximum Gasteiger partial charge on any atom is 0.0441 e. The monoisotopic (exact) mass is 244 g/mol. The summed E-state index contributed by atoms with van der Waals surface area (Å²) in [6.45, 7) is 2.21. The molecular weight excluding hydrogens is 227 g/mol. The number of hydrogen-bond donors (Lipinski definition) is 0. The third-order valence-electron chi connectivity index (χ3n) is 2.69. The minimum absolute atomic E-state index is 0.409. The van der Waals surface area contributed by atoms with E-state index in [4.69, 9.17) is 23.2 Å². The van der Waals surface area contributed by atoms with Crippen molar-refractivity contribution >= 4 is 23.2 Å². The van der Waals surface area contributed by atoms with E-state index in [-0.39, 0.29) is 0 Å². The van der Waals surface area contributed by atoms with Crippen LogP contribution in [-0.2, 0) is 0 Å². The van der Waals surface area contributed by atoms with Gasteiger partial charge >= 0.3 is 0 Å². The fourth-order valence-corrected chi connectivity index (χ4v) is 2.37. The number of rotatable bonds is 6. The van der Waals surface area contributed by atoms with Gasteiger partial charge in [-0.05, 0) is 24.0 Å². The van der Waals surface area contributed by atoms with Gasteiger partial charge in [0.05, 0.1) is 0 Å². The first-order valence-electron chi connectivity index (χ1n) is 5.60. The SMILES string of the molecule is CCCCCC(CCl)c1ccccc1Cl. The Morgan fingerprint density at radius 1 is 1.20 bits per heavy atom. The standard InChI is InChI=1S/C13H18Cl2/c1-2-3-4-7-11(10-14)12-8-5-6-9-13(12)15/h5-6,8-9,11H,2-4,7,10H2,1H3. The molecular formula is C13H18Cl2. The lowest BCUT2D eigenvalue weighted by Gasteiger charge is -2.15. The van der Waals surface area contributed by atoms with Crippen LogP contribution in [0.2, 0.25) is 5.02 Å². The molecule has 0 aromatic heterocycles. The Hall–Kier alpha value is -0.200. The van der Waals surface area contributed by atoms with Gasteiger partial charge in [-0.3, -0.25) is 0 Å². The van der Waals surface area contributed by atoms with Crippen LogP contribution in [0.3, 0.4) is 0 Å². The number of unbranched alkanes of at least 4 members (excludes halogenated alkanes) is 2. The Kier molecular flexibility index (Phi) is 6.12. The minimum atomic E-state index is 0.409. The Morgan fingerprint density at radius 3 is 2.53 bits per heavy atom. The first-order valence-corrected chi connectivity index (χ1v) is 6.51. The fourth-order valence-electron chi connectivity index (χ4n) is 1.76. The molecule has 0 N–H and O–H groups in total. The lowest BCUT2D eigenvalue weighted by Crippen LogP contribution is -2.01. The Balaban J connectivity index is 2.61. The molecule has 0 aliphatic carbocycles. The van der Waals surface area contributed by atoms with Crippen LogP contribution in [-0.4, -0.2) is 5.88 Å². The van der Waals surface area contributed by atoms with Crippen LogP contribution < -0.4 is 0 Å². The Bertz CT molecular complexity index is 284. The average molecular weight is 245 g/mol. The molecule has 0 saturated carbocycles. The van der Waals surface area contributed by atoms with Gasteiger partial charge < -0.3 is 0 Å². The molecule has 0 amide bonds. The van der Waals surface area contributed by atoms with Crippen LogP contribution in [0.5, 0.6) is 0 Å². The highest BCUT2D eigenvalue weighted by Crippen LogP contribution is 2.29. The highest BCUT2D eigenvalue weighted by atomic mass is 35.5. The average Bonchev–Trinajstić information content (AvgIpc) is 2.26. The van der Waals surface area contributed by atoms with Gasteiger partial charge in [-0.15, -0.1) is 11.6 Å². The van der Waals surface area contributed by atoms with E-state index in [1.54, 1.807) is 0 Å². The Morgan fingerprint density at radius 2 is 1.93 bits per heavy atom. The largest absolute Gasteiger partial charge is 0.126 e. The second kappa shape index (κ2) is 7.14. The quantitative estimate of drug-likeness (QED) is 0.474. The topological polar surface area (TPSA) is 0 Å². The van der Waals surface area contributed by atoms with Crippen LogP contribution in [0, 0.1) is 0 Å². The lowest BCUT2D eigenvalue weighted by molar-refractivity contribution is 0.601.